The Labute approximate surface area is 301 Å². The molecule has 0 aliphatic carbocycles. The second-order valence-electron chi connectivity index (χ2n) is 12.7. The summed E-state index contributed by atoms with van der Waals surface area (Å²) in [6, 6.07) is 0. The molecule has 0 aromatic rings. The monoisotopic (exact) mass is 626 g/mol. The van der Waals surface area contributed by atoms with Gasteiger partial charge in [-0.3, -0.25) is 4.18 Å². The summed E-state index contributed by atoms with van der Waals surface area (Å²) in [6.45, 7) is 4.62. The summed E-state index contributed by atoms with van der Waals surface area (Å²) in [4.78, 5) is 0. The van der Waals surface area contributed by atoms with Gasteiger partial charge >= 0.3 is 51.4 Å². The Bertz CT molecular complexity index is 585. The maximum absolute atomic E-state index is 11.0. The molecule has 242 valence electrons. The van der Waals surface area contributed by atoms with Crippen molar-refractivity contribution in [2.24, 2.45) is 5.92 Å². The van der Waals surface area contributed by atoms with Gasteiger partial charge < -0.3 is 4.55 Å². The Balaban J connectivity index is 0. The molecule has 6 heteroatoms. The average Bonchev–Trinajstić information content (AvgIpc) is 2.93. The molecule has 1 atom stereocenters. The van der Waals surface area contributed by atoms with E-state index in [4.69, 9.17) is 0 Å². The summed E-state index contributed by atoms with van der Waals surface area (Å²) in [5.74, 6) is 0.197. The Kier molecular flexibility index (Phi) is 39.2. The van der Waals surface area contributed by atoms with Crippen molar-refractivity contribution in [1.29, 1.82) is 0 Å². The molecular weight excluding hydrogens is 556 g/mol. The minimum absolute atomic E-state index is 0. The fourth-order valence-electron chi connectivity index (χ4n) is 5.92. The molecule has 41 heavy (non-hydrogen) atoms. The number of unbranched alkanes of at least 4 members (excludes halogenated alkanes) is 27. The molecule has 0 saturated heterocycles. The van der Waals surface area contributed by atoms with Gasteiger partial charge in [-0.2, -0.15) is 0 Å². The standard InChI is InChI=1S/C35H72O4S.K/c1-3-5-7-9-11-13-15-17-18-19-21-23-25-27-29-31-33-35(34-39-40(36,37)38)32-30-28-26-24-22-20-16-14-12-10-8-6-4-2;/h35H,3-34H2,1-2H3,(H,36,37,38);/q;+1/p-1. The minimum Gasteiger partial charge on any atom is -0.726 e. The number of hydrogen-bond donors (Lipinski definition) is 0. The van der Waals surface area contributed by atoms with E-state index in [9.17, 15) is 13.0 Å². The summed E-state index contributed by atoms with van der Waals surface area (Å²) in [5.41, 5.74) is 0. The van der Waals surface area contributed by atoms with E-state index in [0.29, 0.717) is 0 Å². The van der Waals surface area contributed by atoms with Crippen molar-refractivity contribution < 1.29 is 68.5 Å². The van der Waals surface area contributed by atoms with Gasteiger partial charge in [0.25, 0.3) is 0 Å². The number of hydrogen-bond acceptors (Lipinski definition) is 4. The van der Waals surface area contributed by atoms with Crippen molar-refractivity contribution in [2.45, 2.75) is 213 Å². The maximum Gasteiger partial charge on any atom is 1.00 e. The predicted molar refractivity (Wildman–Crippen MR) is 174 cm³/mol. The first-order valence-corrected chi connectivity index (χ1v) is 19.4. The summed E-state index contributed by atoms with van der Waals surface area (Å²) in [6.07, 6.45) is 41.0. The molecule has 0 rings (SSSR count). The van der Waals surface area contributed by atoms with Crippen LogP contribution in [-0.4, -0.2) is 19.6 Å². The molecule has 0 amide bonds. The second-order valence-corrected chi connectivity index (χ2v) is 13.7. The van der Waals surface area contributed by atoms with Gasteiger partial charge in [0.2, 0.25) is 10.4 Å². The molecule has 0 aliphatic heterocycles. The first-order valence-electron chi connectivity index (χ1n) is 18.1. The van der Waals surface area contributed by atoms with Crippen LogP contribution in [0, 0.1) is 5.92 Å². The molecule has 4 nitrogen and oxygen atoms in total. The van der Waals surface area contributed by atoms with Gasteiger partial charge in [0.05, 0.1) is 6.61 Å². The van der Waals surface area contributed by atoms with Gasteiger partial charge in [-0.1, -0.05) is 200 Å². The Morgan fingerprint density at radius 2 is 0.659 bits per heavy atom. The van der Waals surface area contributed by atoms with Crippen LogP contribution in [0.3, 0.4) is 0 Å². The van der Waals surface area contributed by atoms with Gasteiger partial charge in [0, 0.05) is 0 Å². The van der Waals surface area contributed by atoms with Crippen molar-refractivity contribution in [3.05, 3.63) is 0 Å². The van der Waals surface area contributed by atoms with Gasteiger partial charge in [-0.25, -0.2) is 8.42 Å². The van der Waals surface area contributed by atoms with Gasteiger partial charge in [-0.15, -0.1) is 0 Å². The SMILES string of the molecule is CCCCCCCCCCCCCCCCCCC(CCCCCCCCCCCCCCC)COS(=O)(=O)[O-].[K+]. The third-order valence-electron chi connectivity index (χ3n) is 8.63. The molecule has 0 aliphatic rings. The molecule has 0 spiro atoms. The van der Waals surface area contributed by atoms with E-state index in [0.717, 1.165) is 25.7 Å². The molecular formula is C35H71KO4S. The van der Waals surface area contributed by atoms with E-state index >= 15 is 0 Å². The van der Waals surface area contributed by atoms with Crippen molar-refractivity contribution in [2.75, 3.05) is 6.61 Å². The Morgan fingerprint density at radius 1 is 0.439 bits per heavy atom. The summed E-state index contributed by atoms with van der Waals surface area (Å²) < 4.78 is 37.6. The number of rotatable bonds is 34. The fraction of sp³-hybridized carbons (Fsp3) is 1.00. The van der Waals surface area contributed by atoms with Crippen LogP contribution in [0.25, 0.3) is 0 Å². The molecule has 0 bridgehead atoms. The zero-order valence-electron chi connectivity index (χ0n) is 28.2. The third-order valence-corrected chi connectivity index (χ3v) is 9.05. The molecule has 0 aromatic carbocycles. The normalized spacial score (nSPS) is 12.5. The summed E-state index contributed by atoms with van der Waals surface area (Å²) >= 11 is 0. The van der Waals surface area contributed by atoms with Crippen molar-refractivity contribution in [1.82, 2.24) is 0 Å². The smallest absolute Gasteiger partial charge is 0.726 e. The van der Waals surface area contributed by atoms with Crippen molar-refractivity contribution in [3.63, 3.8) is 0 Å². The minimum atomic E-state index is -4.59. The summed E-state index contributed by atoms with van der Waals surface area (Å²) in [7, 11) is -4.59. The van der Waals surface area contributed by atoms with Crippen molar-refractivity contribution in [3.8, 4) is 0 Å². The molecule has 0 heterocycles. The average molecular weight is 627 g/mol. The van der Waals surface area contributed by atoms with Crippen LogP contribution < -0.4 is 51.4 Å². The van der Waals surface area contributed by atoms with E-state index in [1.165, 1.54) is 173 Å². The summed E-state index contributed by atoms with van der Waals surface area (Å²) in [5, 5.41) is 0. The van der Waals surface area contributed by atoms with Crippen LogP contribution in [0.1, 0.15) is 213 Å². The van der Waals surface area contributed by atoms with Crippen LogP contribution in [-0.2, 0) is 14.6 Å². The fourth-order valence-corrected chi connectivity index (χ4v) is 6.28. The van der Waals surface area contributed by atoms with Crippen LogP contribution in [0.5, 0.6) is 0 Å². The molecule has 1 unspecified atom stereocenters. The van der Waals surface area contributed by atoms with Crippen molar-refractivity contribution >= 4 is 10.4 Å². The molecule has 0 aromatic heterocycles. The van der Waals surface area contributed by atoms with Crippen LogP contribution in [0.15, 0.2) is 0 Å². The predicted octanol–water partition coefficient (Wildman–Crippen LogP) is 9.22. The van der Waals surface area contributed by atoms with Gasteiger partial charge in [0.15, 0.2) is 0 Å². The first kappa shape index (κ1) is 44.6. The topological polar surface area (TPSA) is 66.4 Å². The second kappa shape index (κ2) is 36.0. The van der Waals surface area contributed by atoms with Gasteiger partial charge in [-0.05, 0) is 18.8 Å². The molecule has 0 fully saturated rings. The van der Waals surface area contributed by atoms with Crippen LogP contribution in [0.4, 0.5) is 0 Å². The zero-order valence-corrected chi connectivity index (χ0v) is 32.2. The molecule has 0 radical (unpaired) electrons. The van der Waals surface area contributed by atoms with E-state index in [1.54, 1.807) is 0 Å². The first-order chi connectivity index (χ1) is 19.5. The van der Waals surface area contributed by atoms with Gasteiger partial charge in [0.1, 0.15) is 0 Å². The van der Waals surface area contributed by atoms with E-state index < -0.39 is 10.4 Å². The van der Waals surface area contributed by atoms with Crippen LogP contribution in [0.2, 0.25) is 0 Å². The Morgan fingerprint density at radius 3 is 0.878 bits per heavy atom. The third kappa shape index (κ3) is 39.5. The van der Waals surface area contributed by atoms with E-state index in [1.807, 2.05) is 0 Å². The molecule has 0 N–H and O–H groups in total. The molecule has 0 saturated carbocycles. The van der Waals surface area contributed by atoms with E-state index in [2.05, 4.69) is 18.0 Å². The van der Waals surface area contributed by atoms with Crippen LogP contribution >= 0.6 is 0 Å². The largest absolute Gasteiger partial charge is 1.00 e. The quantitative estimate of drug-likeness (QED) is 0.0309. The zero-order chi connectivity index (χ0) is 29.4. The Hall–Kier alpha value is 1.51. The maximum atomic E-state index is 11.0. The van der Waals surface area contributed by atoms with E-state index in [-0.39, 0.29) is 63.9 Å².